The van der Waals surface area contributed by atoms with Crippen LogP contribution in [0.1, 0.15) is 16.7 Å². The summed E-state index contributed by atoms with van der Waals surface area (Å²) in [7, 11) is 0. The van der Waals surface area contributed by atoms with E-state index in [0.29, 0.717) is 37.6 Å². The van der Waals surface area contributed by atoms with Gasteiger partial charge in [-0.25, -0.2) is 0 Å². The molecule has 3 rings (SSSR count). The molecule has 2 aromatic rings. The Balaban J connectivity index is 1.52. The van der Waals surface area contributed by atoms with Crippen molar-refractivity contribution in [1.82, 2.24) is 10.2 Å². The van der Waals surface area contributed by atoms with Crippen LogP contribution in [0.25, 0.3) is 0 Å². The fourth-order valence-corrected chi connectivity index (χ4v) is 3.27. The lowest BCUT2D eigenvalue weighted by Crippen LogP contribution is -2.43. The number of rotatable bonds is 4. The average Bonchev–Trinajstić information content (AvgIpc) is 2.65. The molecule has 1 heterocycles. The smallest absolute Gasteiger partial charge is 0.269 e. The molecule has 7 nitrogen and oxygen atoms in total. The highest BCUT2D eigenvalue weighted by atomic mass is 32.1. The fourth-order valence-electron chi connectivity index (χ4n) is 3.01. The van der Waals surface area contributed by atoms with Crippen LogP contribution in [-0.2, 0) is 19.4 Å². The van der Waals surface area contributed by atoms with E-state index in [2.05, 4.69) is 5.32 Å². The Bertz CT molecular complexity index is 839. The van der Waals surface area contributed by atoms with Crippen LogP contribution in [-0.4, -0.2) is 38.2 Å². The third-order valence-corrected chi connectivity index (χ3v) is 4.88. The number of fused-ring (bicyclic) bond motifs is 1. The number of hydrogen-bond donors (Lipinski definition) is 3. The minimum Gasteiger partial charge on any atom is -0.504 e. The minimum atomic E-state index is -0.414. The number of non-ortho nitro benzene ring substituents is 1. The molecule has 0 aromatic heterocycles. The Kier molecular flexibility index (Phi) is 5.22. The van der Waals surface area contributed by atoms with Gasteiger partial charge < -0.3 is 20.4 Å². The molecule has 136 valence electrons. The quantitative estimate of drug-likeness (QED) is 0.328. The van der Waals surface area contributed by atoms with E-state index in [1.165, 1.54) is 18.2 Å². The number of nitrogens with zero attached hydrogens (tertiary/aromatic N) is 2. The first-order valence-electron chi connectivity index (χ1n) is 8.24. The first kappa shape index (κ1) is 17.9. The summed E-state index contributed by atoms with van der Waals surface area (Å²) in [5.41, 5.74) is 2.80. The normalized spacial score (nSPS) is 13.2. The van der Waals surface area contributed by atoms with Crippen LogP contribution >= 0.6 is 12.2 Å². The van der Waals surface area contributed by atoms with E-state index >= 15 is 0 Å². The van der Waals surface area contributed by atoms with Gasteiger partial charge in [-0.05, 0) is 42.3 Å². The average molecular weight is 373 g/mol. The van der Waals surface area contributed by atoms with Gasteiger partial charge in [0, 0.05) is 37.3 Å². The van der Waals surface area contributed by atoms with E-state index in [0.717, 1.165) is 16.7 Å². The lowest BCUT2D eigenvalue weighted by molar-refractivity contribution is -0.384. The zero-order valence-electron chi connectivity index (χ0n) is 14.0. The van der Waals surface area contributed by atoms with Gasteiger partial charge in [-0.2, -0.15) is 0 Å². The molecule has 0 saturated heterocycles. The van der Waals surface area contributed by atoms with Crippen molar-refractivity contribution in [2.24, 2.45) is 0 Å². The van der Waals surface area contributed by atoms with E-state index in [1.54, 1.807) is 18.2 Å². The number of aromatic hydroxyl groups is 2. The van der Waals surface area contributed by atoms with Crippen LogP contribution in [0.15, 0.2) is 36.4 Å². The summed E-state index contributed by atoms with van der Waals surface area (Å²) >= 11 is 5.45. The number of phenols is 2. The summed E-state index contributed by atoms with van der Waals surface area (Å²) in [5, 5.41) is 34.0. The first-order chi connectivity index (χ1) is 12.5. The van der Waals surface area contributed by atoms with Crippen LogP contribution in [0.4, 0.5) is 5.69 Å². The molecule has 0 unspecified atom stereocenters. The van der Waals surface area contributed by atoms with Gasteiger partial charge in [0.2, 0.25) is 0 Å². The molecule has 0 amide bonds. The van der Waals surface area contributed by atoms with Crippen molar-refractivity contribution < 1.29 is 15.1 Å². The highest BCUT2D eigenvalue weighted by Gasteiger charge is 2.22. The number of thiocarbonyl (C=S) groups is 1. The van der Waals surface area contributed by atoms with Crippen LogP contribution < -0.4 is 5.32 Å². The standard InChI is InChI=1S/C18H19N3O4S/c22-16-6-3-13-11-20(10-8-15(13)17(16)23)18(26)19-9-7-12-1-4-14(5-2-12)21(24)25/h1-6,22-23H,7-11H2,(H,19,26). The van der Waals surface area contributed by atoms with Crippen LogP contribution in [0.3, 0.4) is 0 Å². The van der Waals surface area contributed by atoms with Crippen molar-refractivity contribution in [3.05, 3.63) is 63.2 Å². The van der Waals surface area contributed by atoms with Gasteiger partial charge >= 0.3 is 0 Å². The zero-order chi connectivity index (χ0) is 18.7. The number of phenolic OH excluding ortho intramolecular Hbond substituents is 2. The van der Waals surface area contributed by atoms with E-state index in [1.807, 2.05) is 4.90 Å². The summed E-state index contributed by atoms with van der Waals surface area (Å²) in [6.07, 6.45) is 1.32. The molecule has 1 aliphatic heterocycles. The Morgan fingerprint density at radius 1 is 1.23 bits per heavy atom. The van der Waals surface area contributed by atoms with E-state index in [-0.39, 0.29) is 17.2 Å². The predicted molar refractivity (Wildman–Crippen MR) is 101 cm³/mol. The van der Waals surface area contributed by atoms with Crippen molar-refractivity contribution in [3.8, 4) is 11.5 Å². The molecule has 0 radical (unpaired) electrons. The number of benzene rings is 2. The number of nitro benzene ring substituents is 1. The van der Waals surface area contributed by atoms with Gasteiger partial charge in [0.1, 0.15) is 0 Å². The summed E-state index contributed by atoms with van der Waals surface area (Å²) in [6.45, 7) is 1.86. The maximum atomic E-state index is 10.7. The van der Waals surface area contributed by atoms with Gasteiger partial charge in [-0.15, -0.1) is 0 Å². The van der Waals surface area contributed by atoms with E-state index < -0.39 is 4.92 Å². The molecule has 0 bridgehead atoms. The Morgan fingerprint density at radius 2 is 1.96 bits per heavy atom. The van der Waals surface area contributed by atoms with Crippen molar-refractivity contribution >= 4 is 23.0 Å². The van der Waals surface area contributed by atoms with E-state index in [4.69, 9.17) is 12.2 Å². The highest BCUT2D eigenvalue weighted by Crippen LogP contribution is 2.34. The van der Waals surface area contributed by atoms with Gasteiger partial charge in [0.05, 0.1) is 4.92 Å². The Morgan fingerprint density at radius 3 is 2.65 bits per heavy atom. The molecule has 0 aliphatic carbocycles. The molecule has 0 saturated carbocycles. The topological polar surface area (TPSA) is 98.9 Å². The molecular weight excluding hydrogens is 354 g/mol. The summed E-state index contributed by atoms with van der Waals surface area (Å²) in [4.78, 5) is 12.3. The molecule has 8 heteroatoms. The van der Waals surface area contributed by atoms with Crippen molar-refractivity contribution in [1.29, 1.82) is 0 Å². The van der Waals surface area contributed by atoms with Crippen LogP contribution in [0, 0.1) is 10.1 Å². The van der Waals surface area contributed by atoms with Gasteiger partial charge in [0.25, 0.3) is 5.69 Å². The molecule has 0 fully saturated rings. The SMILES string of the molecule is O=[N+]([O-])c1ccc(CCNC(=S)N2CCc3c(ccc(O)c3O)C2)cc1. The fraction of sp³-hybridized carbons (Fsp3) is 0.278. The van der Waals surface area contributed by atoms with Gasteiger partial charge in [-0.1, -0.05) is 18.2 Å². The lowest BCUT2D eigenvalue weighted by atomic mass is 9.98. The Hall–Kier alpha value is -2.87. The van der Waals surface area contributed by atoms with Crippen molar-refractivity contribution in [2.75, 3.05) is 13.1 Å². The molecule has 2 aromatic carbocycles. The monoisotopic (exact) mass is 373 g/mol. The summed E-state index contributed by atoms with van der Waals surface area (Å²) in [6, 6.07) is 9.78. The van der Waals surface area contributed by atoms with Gasteiger partial charge in [0.15, 0.2) is 16.6 Å². The van der Waals surface area contributed by atoms with Crippen molar-refractivity contribution in [3.63, 3.8) is 0 Å². The third-order valence-electron chi connectivity index (χ3n) is 4.48. The molecule has 26 heavy (non-hydrogen) atoms. The highest BCUT2D eigenvalue weighted by molar-refractivity contribution is 7.80. The molecule has 1 aliphatic rings. The second kappa shape index (κ2) is 7.57. The summed E-state index contributed by atoms with van der Waals surface area (Å²) in [5.74, 6) is -0.139. The molecular formula is C18H19N3O4S. The first-order valence-corrected chi connectivity index (χ1v) is 8.65. The molecule has 3 N–H and O–H groups in total. The molecule has 0 spiro atoms. The predicted octanol–water partition coefficient (Wildman–Crippen LogP) is 2.48. The lowest BCUT2D eigenvalue weighted by Gasteiger charge is -2.31. The molecule has 0 atom stereocenters. The van der Waals surface area contributed by atoms with E-state index in [9.17, 15) is 20.3 Å². The maximum absolute atomic E-state index is 10.7. The van der Waals surface area contributed by atoms with Crippen LogP contribution in [0.2, 0.25) is 0 Å². The van der Waals surface area contributed by atoms with Crippen molar-refractivity contribution in [2.45, 2.75) is 19.4 Å². The number of nitrogens with one attached hydrogen (secondary N) is 1. The Labute approximate surface area is 156 Å². The maximum Gasteiger partial charge on any atom is 0.269 e. The largest absolute Gasteiger partial charge is 0.504 e. The number of nitro groups is 1. The second-order valence-electron chi connectivity index (χ2n) is 6.15. The minimum absolute atomic E-state index is 0.0424. The third kappa shape index (κ3) is 3.85. The van der Waals surface area contributed by atoms with Crippen LogP contribution in [0.5, 0.6) is 11.5 Å². The zero-order valence-corrected chi connectivity index (χ0v) is 14.8. The summed E-state index contributed by atoms with van der Waals surface area (Å²) < 4.78 is 0. The second-order valence-corrected chi connectivity index (χ2v) is 6.53. The number of hydrogen-bond acceptors (Lipinski definition) is 5. The van der Waals surface area contributed by atoms with Gasteiger partial charge in [-0.3, -0.25) is 10.1 Å².